The Morgan fingerprint density at radius 1 is 1.19 bits per heavy atom. The predicted octanol–water partition coefficient (Wildman–Crippen LogP) is 3.64. The molecule has 3 nitrogen and oxygen atoms in total. The average molecular weight is 313 g/mol. The van der Waals surface area contributed by atoms with E-state index in [-0.39, 0.29) is 10.7 Å². The average Bonchev–Trinajstić information content (AvgIpc) is 2.38. The van der Waals surface area contributed by atoms with Crippen molar-refractivity contribution in [3.63, 3.8) is 0 Å². The fourth-order valence-corrected chi connectivity index (χ4v) is 5.16. The van der Waals surface area contributed by atoms with Crippen molar-refractivity contribution in [3.05, 3.63) is 29.1 Å². The molecule has 0 aliphatic carbocycles. The summed E-state index contributed by atoms with van der Waals surface area (Å²) < 4.78 is 40.5. The van der Waals surface area contributed by atoms with Gasteiger partial charge in [0.25, 0.3) is 0 Å². The maximum absolute atomic E-state index is 13.4. The molecule has 1 aromatic carbocycles. The lowest BCUT2D eigenvalue weighted by atomic mass is 9.94. The number of halogens is 1. The van der Waals surface area contributed by atoms with Gasteiger partial charge in [0.05, 0.1) is 4.90 Å². The van der Waals surface area contributed by atoms with Crippen LogP contribution >= 0.6 is 0 Å². The summed E-state index contributed by atoms with van der Waals surface area (Å²) in [6, 6.07) is 2.59. The Balaban J connectivity index is 2.24. The van der Waals surface area contributed by atoms with Gasteiger partial charge in [0.2, 0.25) is 10.0 Å². The van der Waals surface area contributed by atoms with Crippen molar-refractivity contribution in [2.24, 2.45) is 5.92 Å². The van der Waals surface area contributed by atoms with Crippen LogP contribution in [0.15, 0.2) is 17.0 Å². The molecule has 2 rings (SSSR count). The first-order valence-corrected chi connectivity index (χ1v) is 9.07. The zero-order chi connectivity index (χ0) is 15.6. The molecule has 1 aromatic rings. The summed E-state index contributed by atoms with van der Waals surface area (Å²) in [6.45, 7) is 6.63. The highest BCUT2D eigenvalue weighted by atomic mass is 32.2. The third-order valence-corrected chi connectivity index (χ3v) is 6.50. The molecule has 0 saturated carbocycles. The smallest absolute Gasteiger partial charge is 0.207 e. The van der Waals surface area contributed by atoms with Crippen molar-refractivity contribution >= 4 is 10.0 Å². The minimum Gasteiger partial charge on any atom is -0.207 e. The number of benzene rings is 1. The van der Waals surface area contributed by atoms with Gasteiger partial charge in [-0.1, -0.05) is 19.8 Å². The molecule has 1 aliphatic rings. The molecule has 0 N–H and O–H groups in total. The first-order chi connectivity index (χ1) is 9.86. The van der Waals surface area contributed by atoms with Crippen LogP contribution in [0.1, 0.15) is 43.7 Å². The maximum atomic E-state index is 13.4. The first kappa shape index (κ1) is 16.4. The van der Waals surface area contributed by atoms with Crippen molar-refractivity contribution in [1.29, 1.82) is 0 Å². The Hall–Kier alpha value is -0.940. The molecule has 0 amide bonds. The predicted molar refractivity (Wildman–Crippen MR) is 82.3 cm³/mol. The molecule has 118 valence electrons. The molecule has 1 heterocycles. The fourth-order valence-electron chi connectivity index (χ4n) is 3.28. The van der Waals surface area contributed by atoms with E-state index in [9.17, 15) is 12.8 Å². The van der Waals surface area contributed by atoms with E-state index in [0.717, 1.165) is 19.3 Å². The van der Waals surface area contributed by atoms with Gasteiger partial charge in [0, 0.05) is 13.1 Å². The molecule has 21 heavy (non-hydrogen) atoms. The second-order valence-corrected chi connectivity index (χ2v) is 7.88. The quantitative estimate of drug-likeness (QED) is 0.851. The van der Waals surface area contributed by atoms with Gasteiger partial charge in [-0.25, -0.2) is 12.8 Å². The van der Waals surface area contributed by atoms with Gasteiger partial charge in [0.1, 0.15) is 5.82 Å². The van der Waals surface area contributed by atoms with E-state index in [1.165, 1.54) is 18.6 Å². The van der Waals surface area contributed by atoms with E-state index in [4.69, 9.17) is 0 Å². The SMILES string of the molecule is CCCC1CCN(S(=O)(=O)c2c(C)cc(F)cc2C)CC1. The summed E-state index contributed by atoms with van der Waals surface area (Å²) >= 11 is 0. The largest absolute Gasteiger partial charge is 0.243 e. The molecule has 1 fully saturated rings. The van der Waals surface area contributed by atoms with Gasteiger partial charge in [-0.05, 0) is 55.9 Å². The van der Waals surface area contributed by atoms with E-state index in [0.29, 0.717) is 30.1 Å². The van der Waals surface area contributed by atoms with E-state index in [1.54, 1.807) is 18.2 Å². The number of aryl methyl sites for hydroxylation is 2. The van der Waals surface area contributed by atoms with Gasteiger partial charge >= 0.3 is 0 Å². The maximum Gasteiger partial charge on any atom is 0.243 e. The summed E-state index contributed by atoms with van der Waals surface area (Å²) in [4.78, 5) is 0.276. The summed E-state index contributed by atoms with van der Waals surface area (Å²) in [7, 11) is -3.51. The van der Waals surface area contributed by atoms with E-state index in [1.807, 2.05) is 0 Å². The molecule has 1 saturated heterocycles. The number of hydrogen-bond acceptors (Lipinski definition) is 2. The summed E-state index contributed by atoms with van der Waals surface area (Å²) in [5.41, 5.74) is 0.978. The molecular weight excluding hydrogens is 289 g/mol. The summed E-state index contributed by atoms with van der Waals surface area (Å²) in [5.74, 6) is 0.252. The van der Waals surface area contributed by atoms with Crippen LogP contribution < -0.4 is 0 Å². The zero-order valence-electron chi connectivity index (χ0n) is 13.0. The fraction of sp³-hybridized carbons (Fsp3) is 0.625. The molecule has 5 heteroatoms. The normalized spacial score (nSPS) is 18.1. The third kappa shape index (κ3) is 3.46. The lowest BCUT2D eigenvalue weighted by Crippen LogP contribution is -2.39. The highest BCUT2D eigenvalue weighted by molar-refractivity contribution is 7.89. The Labute approximate surface area is 127 Å². The molecule has 0 bridgehead atoms. The van der Waals surface area contributed by atoms with Crippen LogP contribution in [0.4, 0.5) is 4.39 Å². The number of nitrogens with zero attached hydrogens (tertiary/aromatic N) is 1. The van der Waals surface area contributed by atoms with Crippen molar-refractivity contribution in [2.75, 3.05) is 13.1 Å². The van der Waals surface area contributed by atoms with Crippen LogP contribution in [0, 0.1) is 25.6 Å². The summed E-state index contributed by atoms with van der Waals surface area (Å²) in [6.07, 6.45) is 4.16. The van der Waals surface area contributed by atoms with Crippen LogP contribution in [-0.4, -0.2) is 25.8 Å². The van der Waals surface area contributed by atoms with E-state index in [2.05, 4.69) is 6.92 Å². The van der Waals surface area contributed by atoms with Crippen LogP contribution in [0.2, 0.25) is 0 Å². The number of sulfonamides is 1. The molecule has 0 aromatic heterocycles. The van der Waals surface area contributed by atoms with Crippen LogP contribution in [0.5, 0.6) is 0 Å². The van der Waals surface area contributed by atoms with Gasteiger partial charge in [-0.15, -0.1) is 0 Å². The lowest BCUT2D eigenvalue weighted by Gasteiger charge is -2.31. The Bertz CT molecular complexity index is 582. The molecule has 0 spiro atoms. The van der Waals surface area contributed by atoms with Crippen molar-refractivity contribution < 1.29 is 12.8 Å². The second kappa shape index (κ2) is 6.44. The Kier molecular flexibility index (Phi) is 5.04. The monoisotopic (exact) mass is 313 g/mol. The first-order valence-electron chi connectivity index (χ1n) is 7.63. The molecule has 1 aliphatic heterocycles. The topological polar surface area (TPSA) is 37.4 Å². The minimum absolute atomic E-state index is 0.276. The Morgan fingerprint density at radius 2 is 1.71 bits per heavy atom. The molecule has 0 unspecified atom stereocenters. The lowest BCUT2D eigenvalue weighted by molar-refractivity contribution is 0.262. The number of piperidine rings is 1. The van der Waals surface area contributed by atoms with Gasteiger partial charge in [-0.3, -0.25) is 0 Å². The van der Waals surface area contributed by atoms with E-state index < -0.39 is 10.0 Å². The van der Waals surface area contributed by atoms with Crippen LogP contribution in [-0.2, 0) is 10.0 Å². The van der Waals surface area contributed by atoms with Crippen molar-refractivity contribution in [1.82, 2.24) is 4.31 Å². The number of hydrogen-bond donors (Lipinski definition) is 0. The second-order valence-electron chi connectivity index (χ2n) is 6.00. The van der Waals surface area contributed by atoms with E-state index >= 15 is 0 Å². The number of rotatable bonds is 4. The highest BCUT2D eigenvalue weighted by Crippen LogP contribution is 2.29. The van der Waals surface area contributed by atoms with Crippen LogP contribution in [0.25, 0.3) is 0 Å². The highest BCUT2D eigenvalue weighted by Gasteiger charge is 2.31. The van der Waals surface area contributed by atoms with Crippen molar-refractivity contribution in [3.8, 4) is 0 Å². The molecule has 0 atom stereocenters. The zero-order valence-corrected chi connectivity index (χ0v) is 13.8. The molecule has 0 radical (unpaired) electrons. The van der Waals surface area contributed by atoms with Gasteiger partial charge in [0.15, 0.2) is 0 Å². The third-order valence-electron chi connectivity index (χ3n) is 4.29. The minimum atomic E-state index is -3.51. The molecular formula is C16H24FNO2S. The van der Waals surface area contributed by atoms with Crippen LogP contribution in [0.3, 0.4) is 0 Å². The van der Waals surface area contributed by atoms with Gasteiger partial charge < -0.3 is 0 Å². The van der Waals surface area contributed by atoms with Crippen molar-refractivity contribution in [2.45, 2.75) is 51.3 Å². The van der Waals surface area contributed by atoms with Gasteiger partial charge in [-0.2, -0.15) is 4.31 Å². The summed E-state index contributed by atoms with van der Waals surface area (Å²) in [5, 5.41) is 0. The standard InChI is InChI=1S/C16H24FNO2S/c1-4-5-14-6-8-18(9-7-14)21(19,20)16-12(2)10-15(17)11-13(16)3/h10-11,14H,4-9H2,1-3H3. The Morgan fingerprint density at radius 3 is 2.19 bits per heavy atom.